The van der Waals surface area contributed by atoms with E-state index in [2.05, 4.69) is 27.0 Å². The summed E-state index contributed by atoms with van der Waals surface area (Å²) >= 11 is 0. The van der Waals surface area contributed by atoms with Crippen molar-refractivity contribution in [2.75, 3.05) is 43.5 Å². The molecule has 0 unspecified atom stereocenters. The summed E-state index contributed by atoms with van der Waals surface area (Å²) in [6.45, 7) is 3.63. The number of ketones is 1. The number of pyridine rings is 2. The zero-order valence-electron chi connectivity index (χ0n) is 18.2. The number of anilines is 2. The summed E-state index contributed by atoms with van der Waals surface area (Å²) in [5.74, 6) is 0.175. The quantitative estimate of drug-likeness (QED) is 0.528. The number of hydrogen-bond acceptors (Lipinski definition) is 7. The van der Waals surface area contributed by atoms with E-state index < -0.39 is 0 Å². The molecule has 7 heteroatoms. The maximum Gasteiger partial charge on any atom is 0.171 e. The molecule has 0 bridgehead atoms. The van der Waals surface area contributed by atoms with Crippen LogP contribution in [0.2, 0.25) is 0 Å². The Kier molecular flexibility index (Phi) is 7.09. The van der Waals surface area contributed by atoms with Gasteiger partial charge in [-0.3, -0.25) is 9.78 Å². The number of carbonyl (C=O) groups excluding carboxylic acids is 1. The summed E-state index contributed by atoms with van der Waals surface area (Å²) in [7, 11) is 0. The van der Waals surface area contributed by atoms with Gasteiger partial charge in [-0.1, -0.05) is 24.3 Å². The lowest BCUT2D eigenvalue weighted by atomic mass is 9.98. The molecule has 1 fully saturated rings. The Bertz CT molecular complexity index is 1060. The molecule has 2 aromatic heterocycles. The zero-order valence-corrected chi connectivity index (χ0v) is 18.2. The van der Waals surface area contributed by atoms with Crippen molar-refractivity contribution in [3.05, 3.63) is 71.7 Å². The van der Waals surface area contributed by atoms with Gasteiger partial charge in [-0.25, -0.2) is 4.98 Å². The first kappa shape index (κ1) is 21.9. The third-order valence-electron chi connectivity index (χ3n) is 5.76. The summed E-state index contributed by atoms with van der Waals surface area (Å²) in [6.07, 6.45) is 7.36. The van der Waals surface area contributed by atoms with Gasteiger partial charge in [0.05, 0.1) is 18.8 Å². The highest BCUT2D eigenvalue weighted by Crippen LogP contribution is 2.26. The monoisotopic (exact) mass is 431 g/mol. The van der Waals surface area contributed by atoms with Crippen LogP contribution >= 0.6 is 0 Å². The Morgan fingerprint density at radius 2 is 1.84 bits per heavy atom. The Labute approximate surface area is 188 Å². The van der Waals surface area contributed by atoms with Crippen LogP contribution in [-0.4, -0.2) is 48.6 Å². The van der Waals surface area contributed by atoms with E-state index >= 15 is 0 Å². The minimum Gasteiger partial charge on any atom is -0.383 e. The van der Waals surface area contributed by atoms with Crippen LogP contribution < -0.4 is 16.4 Å². The van der Waals surface area contributed by atoms with Crippen LogP contribution in [-0.2, 0) is 17.6 Å². The number of hydrogen-bond donors (Lipinski definition) is 2. The molecule has 0 aliphatic carbocycles. The van der Waals surface area contributed by atoms with Gasteiger partial charge in [0.15, 0.2) is 5.78 Å². The van der Waals surface area contributed by atoms with Gasteiger partial charge in [0.1, 0.15) is 5.82 Å². The minimum absolute atomic E-state index is 0.0704. The highest BCUT2D eigenvalue weighted by Gasteiger charge is 2.19. The average molecular weight is 432 g/mol. The van der Waals surface area contributed by atoms with E-state index in [9.17, 15) is 4.79 Å². The summed E-state index contributed by atoms with van der Waals surface area (Å²) in [5, 5.41) is 0. The topological polar surface area (TPSA) is 107 Å². The molecule has 1 aliphatic heterocycles. The number of nitrogens with zero attached hydrogens (tertiary/aromatic N) is 3. The molecule has 0 saturated carbocycles. The summed E-state index contributed by atoms with van der Waals surface area (Å²) in [4.78, 5) is 24.0. The van der Waals surface area contributed by atoms with E-state index in [1.807, 2.05) is 24.3 Å². The van der Waals surface area contributed by atoms with Gasteiger partial charge >= 0.3 is 0 Å². The van der Waals surface area contributed by atoms with E-state index in [1.54, 1.807) is 18.6 Å². The molecule has 166 valence electrons. The van der Waals surface area contributed by atoms with E-state index in [0.29, 0.717) is 25.3 Å². The number of rotatable bonds is 8. The Hall–Kier alpha value is -3.29. The third kappa shape index (κ3) is 5.12. The molecule has 3 heterocycles. The van der Waals surface area contributed by atoms with Crippen molar-refractivity contribution >= 4 is 17.3 Å². The van der Waals surface area contributed by atoms with E-state index in [-0.39, 0.29) is 18.0 Å². The molecule has 1 aromatic carbocycles. The normalized spacial score (nSPS) is 13.8. The molecular weight excluding hydrogens is 402 g/mol. The molecule has 0 amide bonds. The Morgan fingerprint density at radius 3 is 2.59 bits per heavy atom. The number of nitrogens with two attached hydrogens (primary N) is 2. The smallest absolute Gasteiger partial charge is 0.171 e. The van der Waals surface area contributed by atoms with Gasteiger partial charge in [0.25, 0.3) is 0 Å². The summed E-state index contributed by atoms with van der Waals surface area (Å²) in [5.41, 5.74) is 17.1. The molecule has 1 aliphatic rings. The number of ether oxygens (including phenoxy) is 1. The Morgan fingerprint density at radius 1 is 1.06 bits per heavy atom. The van der Waals surface area contributed by atoms with Crippen LogP contribution in [0, 0.1) is 0 Å². The number of Topliss-reactive ketones (excluding diaryl/α,β-unsaturated/α-hetero) is 1. The van der Waals surface area contributed by atoms with Crippen LogP contribution in [0.15, 0.2) is 55.0 Å². The summed E-state index contributed by atoms with van der Waals surface area (Å²) in [6, 6.07) is 12.1. The molecule has 0 radical (unpaired) electrons. The second-order valence-corrected chi connectivity index (χ2v) is 7.95. The fourth-order valence-electron chi connectivity index (χ4n) is 3.96. The molecule has 3 aromatic rings. The van der Waals surface area contributed by atoms with Gasteiger partial charge in [-0.15, -0.1) is 0 Å². The van der Waals surface area contributed by atoms with Crippen LogP contribution in [0.3, 0.4) is 0 Å². The third-order valence-corrected chi connectivity index (χ3v) is 5.76. The van der Waals surface area contributed by atoms with Crippen LogP contribution in [0.25, 0.3) is 11.1 Å². The molecule has 1 saturated heterocycles. The van der Waals surface area contributed by atoms with Gasteiger partial charge in [0.2, 0.25) is 0 Å². The van der Waals surface area contributed by atoms with Gasteiger partial charge in [-0.2, -0.15) is 0 Å². The first-order valence-electron chi connectivity index (χ1n) is 11.0. The molecule has 0 spiro atoms. The van der Waals surface area contributed by atoms with E-state index in [1.165, 1.54) is 5.56 Å². The maximum absolute atomic E-state index is 13.2. The highest BCUT2D eigenvalue weighted by atomic mass is 16.5. The molecule has 4 rings (SSSR count). The number of benzene rings is 1. The number of morpholine rings is 1. The fraction of sp³-hybridized carbons (Fsp3) is 0.320. The molecule has 32 heavy (non-hydrogen) atoms. The molecule has 4 N–H and O–H groups in total. The van der Waals surface area contributed by atoms with Crippen molar-refractivity contribution < 1.29 is 9.53 Å². The predicted molar refractivity (Wildman–Crippen MR) is 127 cm³/mol. The van der Waals surface area contributed by atoms with Crippen LogP contribution in [0.4, 0.5) is 11.5 Å². The summed E-state index contributed by atoms with van der Waals surface area (Å²) < 4.78 is 5.45. The lowest BCUT2D eigenvalue weighted by Crippen LogP contribution is -2.37. The maximum atomic E-state index is 13.2. The number of nitrogen functional groups attached to an aromatic ring is 1. The number of aryl methyl sites for hydroxylation is 1. The van der Waals surface area contributed by atoms with Crippen molar-refractivity contribution in [2.45, 2.75) is 19.3 Å². The predicted octanol–water partition coefficient (Wildman–Crippen LogP) is 2.88. The van der Waals surface area contributed by atoms with E-state index in [0.717, 1.165) is 48.3 Å². The highest BCUT2D eigenvalue weighted by molar-refractivity contribution is 6.02. The number of aromatic nitrogens is 2. The van der Waals surface area contributed by atoms with Crippen molar-refractivity contribution in [1.82, 2.24) is 9.97 Å². The van der Waals surface area contributed by atoms with Crippen molar-refractivity contribution in [3.8, 4) is 11.1 Å². The van der Waals surface area contributed by atoms with Crippen molar-refractivity contribution in [1.29, 1.82) is 0 Å². The minimum atomic E-state index is -0.0704. The zero-order chi connectivity index (χ0) is 22.3. The lowest BCUT2D eigenvalue weighted by Gasteiger charge is -2.30. The number of carbonyl (C=O) groups is 1. The van der Waals surface area contributed by atoms with Crippen molar-refractivity contribution in [2.24, 2.45) is 5.73 Å². The molecule has 0 atom stereocenters. The van der Waals surface area contributed by atoms with Gasteiger partial charge < -0.3 is 21.1 Å². The lowest BCUT2D eigenvalue weighted by molar-refractivity contribution is 0.0993. The van der Waals surface area contributed by atoms with Crippen LogP contribution in [0.5, 0.6) is 0 Å². The molecule has 7 nitrogen and oxygen atoms in total. The van der Waals surface area contributed by atoms with E-state index in [4.69, 9.17) is 16.2 Å². The molecular formula is C25H29N5O2. The largest absolute Gasteiger partial charge is 0.383 e. The van der Waals surface area contributed by atoms with Crippen molar-refractivity contribution in [3.63, 3.8) is 0 Å². The first-order valence-corrected chi connectivity index (χ1v) is 11.0. The first-order chi connectivity index (χ1) is 15.7. The van der Waals surface area contributed by atoms with Crippen LogP contribution in [0.1, 0.15) is 27.9 Å². The fourth-order valence-corrected chi connectivity index (χ4v) is 3.96. The van der Waals surface area contributed by atoms with Gasteiger partial charge in [-0.05, 0) is 42.6 Å². The average Bonchev–Trinajstić information content (AvgIpc) is 2.84. The SMILES string of the molecule is NCCCc1ccc(-c2cnc(N)c(C(=O)Cc3cnccc3N3CCOCC3)c2)cc1. The van der Waals surface area contributed by atoms with Gasteiger partial charge in [0, 0.05) is 54.9 Å². The second-order valence-electron chi connectivity index (χ2n) is 7.95. The Balaban J connectivity index is 1.55. The standard InChI is InChI=1S/C25H29N5O2/c26-8-1-2-18-3-5-19(6-4-18)20-14-22(25(27)29-17-20)24(31)15-21-16-28-9-7-23(21)30-10-12-32-13-11-30/h3-7,9,14,16-17H,1-2,8,10-13,15,26H2,(H2,27,29). The second kappa shape index (κ2) is 10.3.